The smallest absolute Gasteiger partial charge is 0.259 e. The van der Waals surface area contributed by atoms with Crippen LogP contribution in [0, 0.1) is 0 Å². The molecule has 0 spiro atoms. The summed E-state index contributed by atoms with van der Waals surface area (Å²) in [4.78, 5) is 3.85. The fraction of sp³-hybridized carbons (Fsp3) is 0.727. The number of hydrogen-bond donors (Lipinski definition) is 2. The van der Waals surface area contributed by atoms with Crippen molar-refractivity contribution in [3.8, 4) is 0 Å². The van der Waals surface area contributed by atoms with E-state index in [0.29, 0.717) is 0 Å². The van der Waals surface area contributed by atoms with Gasteiger partial charge in [-0.15, -0.1) is 0 Å². The van der Waals surface area contributed by atoms with Crippen molar-refractivity contribution in [2.24, 2.45) is 12.8 Å². The molecule has 2 rings (SSSR count). The zero-order valence-corrected chi connectivity index (χ0v) is 11.4. The molecule has 1 aliphatic rings. The summed E-state index contributed by atoms with van der Waals surface area (Å²) in [5.74, 6) is 0. The van der Waals surface area contributed by atoms with E-state index in [1.54, 1.807) is 11.6 Å². The summed E-state index contributed by atoms with van der Waals surface area (Å²) in [6.45, 7) is 0.284. The minimum atomic E-state index is -3.54. The summed E-state index contributed by atoms with van der Waals surface area (Å²) in [7, 11) is -1.81. The highest BCUT2D eigenvalue weighted by molar-refractivity contribution is 7.89. The molecule has 1 fully saturated rings. The lowest BCUT2D eigenvalue weighted by Crippen LogP contribution is -2.51. The quantitative estimate of drug-likeness (QED) is 0.828. The van der Waals surface area contributed by atoms with E-state index in [1.165, 1.54) is 18.9 Å². The first-order valence-electron chi connectivity index (χ1n) is 6.18. The van der Waals surface area contributed by atoms with Gasteiger partial charge in [0.1, 0.15) is 0 Å². The average Bonchev–Trinajstić information content (AvgIpc) is 2.76. The number of nitrogens with one attached hydrogen (secondary N) is 1. The molecular formula is C11H20N4O2S. The maximum Gasteiger partial charge on any atom is 0.259 e. The number of sulfonamides is 1. The Labute approximate surface area is 108 Å². The zero-order valence-electron chi connectivity index (χ0n) is 10.6. The van der Waals surface area contributed by atoms with E-state index in [1.807, 2.05) is 0 Å². The maximum absolute atomic E-state index is 12.0. The molecule has 0 aromatic carbocycles. The van der Waals surface area contributed by atoms with Crippen LogP contribution >= 0.6 is 0 Å². The van der Waals surface area contributed by atoms with Crippen LogP contribution in [0.15, 0.2) is 17.6 Å². The van der Waals surface area contributed by atoms with E-state index in [-0.39, 0.29) is 11.6 Å². The Morgan fingerprint density at radius 3 is 2.67 bits per heavy atom. The lowest BCUT2D eigenvalue weighted by molar-refractivity contribution is 0.296. The number of nitrogens with two attached hydrogens (primary N) is 1. The number of hydrogen-bond acceptors (Lipinski definition) is 4. The van der Waals surface area contributed by atoms with Gasteiger partial charge in [0.15, 0.2) is 5.03 Å². The fourth-order valence-electron chi connectivity index (χ4n) is 2.27. The molecule has 0 radical (unpaired) electrons. The fourth-order valence-corrected chi connectivity index (χ4v) is 3.39. The summed E-state index contributed by atoms with van der Waals surface area (Å²) >= 11 is 0. The molecule has 102 valence electrons. The van der Waals surface area contributed by atoms with Gasteiger partial charge in [0.05, 0.1) is 6.33 Å². The molecule has 1 saturated carbocycles. The number of rotatable bonds is 4. The molecule has 1 aromatic rings. The van der Waals surface area contributed by atoms with Gasteiger partial charge >= 0.3 is 0 Å². The van der Waals surface area contributed by atoms with E-state index in [2.05, 4.69) is 9.71 Å². The van der Waals surface area contributed by atoms with Crippen LogP contribution < -0.4 is 10.5 Å². The molecule has 18 heavy (non-hydrogen) atoms. The van der Waals surface area contributed by atoms with Gasteiger partial charge in [0.25, 0.3) is 10.0 Å². The first-order valence-corrected chi connectivity index (χ1v) is 7.66. The molecule has 0 atom stereocenters. The second kappa shape index (κ2) is 4.99. The van der Waals surface area contributed by atoms with Gasteiger partial charge < -0.3 is 10.3 Å². The summed E-state index contributed by atoms with van der Waals surface area (Å²) in [5, 5.41) is 0.0457. The minimum Gasteiger partial charge on any atom is -0.339 e. The number of imidazole rings is 1. The molecule has 1 aliphatic carbocycles. The lowest BCUT2D eigenvalue weighted by Gasteiger charge is -2.33. The van der Waals surface area contributed by atoms with Crippen LogP contribution in [0.2, 0.25) is 0 Å². The molecule has 0 saturated heterocycles. The molecule has 1 aromatic heterocycles. The second-order valence-electron chi connectivity index (χ2n) is 5.12. The number of aryl methyl sites for hydroxylation is 1. The Morgan fingerprint density at radius 1 is 1.44 bits per heavy atom. The van der Waals surface area contributed by atoms with Gasteiger partial charge in [-0.1, -0.05) is 19.3 Å². The van der Waals surface area contributed by atoms with Crippen molar-refractivity contribution in [2.75, 3.05) is 6.54 Å². The van der Waals surface area contributed by atoms with Crippen LogP contribution in [0.25, 0.3) is 0 Å². The van der Waals surface area contributed by atoms with Crippen LogP contribution in [0.5, 0.6) is 0 Å². The summed E-state index contributed by atoms with van der Waals surface area (Å²) in [6.07, 6.45) is 8.02. The largest absolute Gasteiger partial charge is 0.339 e. The van der Waals surface area contributed by atoms with Gasteiger partial charge in [0.2, 0.25) is 0 Å². The van der Waals surface area contributed by atoms with Crippen LogP contribution in [-0.4, -0.2) is 30.1 Å². The summed E-state index contributed by atoms with van der Waals surface area (Å²) in [6, 6.07) is 0. The average molecular weight is 272 g/mol. The van der Waals surface area contributed by atoms with Gasteiger partial charge in [-0.3, -0.25) is 0 Å². The molecule has 0 bridgehead atoms. The van der Waals surface area contributed by atoms with E-state index < -0.39 is 15.6 Å². The third kappa shape index (κ3) is 3.09. The van der Waals surface area contributed by atoms with Crippen molar-refractivity contribution in [2.45, 2.75) is 42.7 Å². The highest BCUT2D eigenvalue weighted by Crippen LogP contribution is 2.25. The molecule has 6 nitrogen and oxygen atoms in total. The van der Waals surface area contributed by atoms with Gasteiger partial charge in [-0.2, -0.15) is 0 Å². The first-order chi connectivity index (χ1) is 8.41. The van der Waals surface area contributed by atoms with Gasteiger partial charge in [-0.05, 0) is 12.8 Å². The Morgan fingerprint density at radius 2 is 2.11 bits per heavy atom. The molecule has 7 heteroatoms. The van der Waals surface area contributed by atoms with E-state index in [0.717, 1.165) is 25.7 Å². The lowest BCUT2D eigenvalue weighted by atomic mass is 9.83. The molecule has 1 heterocycles. The van der Waals surface area contributed by atoms with Crippen molar-refractivity contribution in [3.63, 3.8) is 0 Å². The van der Waals surface area contributed by atoms with E-state index >= 15 is 0 Å². The van der Waals surface area contributed by atoms with Crippen molar-refractivity contribution < 1.29 is 8.42 Å². The Bertz CT molecular complexity index is 503. The minimum absolute atomic E-state index is 0.0457. The Hall–Kier alpha value is -0.920. The van der Waals surface area contributed by atoms with Crippen molar-refractivity contribution in [1.82, 2.24) is 14.3 Å². The predicted molar refractivity (Wildman–Crippen MR) is 68.4 cm³/mol. The highest BCUT2D eigenvalue weighted by atomic mass is 32.2. The summed E-state index contributed by atoms with van der Waals surface area (Å²) < 4.78 is 28.2. The predicted octanol–water partition coefficient (Wildman–Crippen LogP) is 0.360. The molecule has 3 N–H and O–H groups in total. The van der Waals surface area contributed by atoms with Crippen LogP contribution in [0.3, 0.4) is 0 Å². The van der Waals surface area contributed by atoms with Gasteiger partial charge in [0, 0.05) is 25.3 Å². The molecule has 0 unspecified atom stereocenters. The van der Waals surface area contributed by atoms with E-state index in [4.69, 9.17) is 5.73 Å². The standard InChI is InChI=1S/C11H20N4O2S/c1-15-7-10(13-9-15)18(16,17)14-8-11(12)5-3-2-4-6-11/h7,9,14H,2-6,8,12H2,1H3. The molecular weight excluding hydrogens is 252 g/mol. The first kappa shape index (κ1) is 13.5. The Kier molecular flexibility index (Phi) is 3.74. The Balaban J connectivity index is 2.01. The van der Waals surface area contributed by atoms with Crippen LogP contribution in [0.1, 0.15) is 32.1 Å². The third-order valence-corrected chi connectivity index (χ3v) is 4.71. The molecule has 0 amide bonds. The second-order valence-corrected chi connectivity index (χ2v) is 6.84. The number of aromatic nitrogens is 2. The third-order valence-electron chi connectivity index (χ3n) is 3.42. The van der Waals surface area contributed by atoms with Crippen molar-refractivity contribution >= 4 is 10.0 Å². The summed E-state index contributed by atoms with van der Waals surface area (Å²) in [5.41, 5.74) is 5.79. The SMILES string of the molecule is Cn1cnc(S(=O)(=O)NCC2(N)CCCCC2)c1. The highest BCUT2D eigenvalue weighted by Gasteiger charge is 2.29. The molecule has 0 aliphatic heterocycles. The van der Waals surface area contributed by atoms with Crippen LogP contribution in [-0.2, 0) is 17.1 Å². The zero-order chi connectivity index (χ0) is 13.2. The van der Waals surface area contributed by atoms with E-state index in [9.17, 15) is 8.42 Å². The number of nitrogens with zero attached hydrogens (tertiary/aromatic N) is 2. The van der Waals surface area contributed by atoms with Gasteiger partial charge in [-0.25, -0.2) is 18.1 Å². The van der Waals surface area contributed by atoms with Crippen LogP contribution in [0.4, 0.5) is 0 Å². The normalized spacial score (nSPS) is 19.9. The monoisotopic (exact) mass is 272 g/mol. The maximum atomic E-state index is 12.0. The van der Waals surface area contributed by atoms with Crippen molar-refractivity contribution in [1.29, 1.82) is 0 Å². The van der Waals surface area contributed by atoms with Crippen molar-refractivity contribution in [3.05, 3.63) is 12.5 Å². The topological polar surface area (TPSA) is 90.0 Å².